The van der Waals surface area contributed by atoms with Crippen LogP contribution < -0.4 is 0 Å². The maximum Gasteiger partial charge on any atom is 0.175 e. The van der Waals surface area contributed by atoms with Crippen molar-refractivity contribution in [2.45, 2.75) is 37.9 Å². The molecule has 1 aromatic carbocycles. The Kier molecular flexibility index (Phi) is 4.51. The average Bonchev–Trinajstić information content (AvgIpc) is 2.50. The molecule has 1 aliphatic carbocycles. The van der Waals surface area contributed by atoms with E-state index in [0.29, 0.717) is 11.7 Å². The minimum atomic E-state index is -0.280. The maximum absolute atomic E-state index is 12.7. The van der Waals surface area contributed by atoms with E-state index in [9.17, 15) is 4.79 Å². The van der Waals surface area contributed by atoms with Gasteiger partial charge in [-0.2, -0.15) is 0 Å². The first-order chi connectivity index (χ1) is 10.1. The quantitative estimate of drug-likeness (QED) is 0.782. The highest BCUT2D eigenvalue weighted by molar-refractivity contribution is 7.99. The summed E-state index contributed by atoms with van der Waals surface area (Å²) in [7, 11) is 0. The number of carbonyl (C=O) groups excluding carboxylic acids is 1. The highest BCUT2D eigenvalue weighted by Gasteiger charge is 2.41. The Bertz CT molecular complexity index is 550. The summed E-state index contributed by atoms with van der Waals surface area (Å²) >= 11 is 1.63. The molecule has 1 fully saturated rings. The van der Waals surface area contributed by atoms with Gasteiger partial charge in [-0.15, -0.1) is 11.8 Å². The van der Waals surface area contributed by atoms with Crippen LogP contribution in [0.3, 0.4) is 0 Å². The van der Waals surface area contributed by atoms with Crippen LogP contribution in [0.15, 0.2) is 41.5 Å². The van der Waals surface area contributed by atoms with Crippen LogP contribution in [0.1, 0.15) is 32.3 Å². The smallest absolute Gasteiger partial charge is 0.175 e. The van der Waals surface area contributed by atoms with Crippen molar-refractivity contribution in [3.8, 4) is 0 Å². The van der Waals surface area contributed by atoms with Gasteiger partial charge in [0, 0.05) is 11.7 Å². The lowest BCUT2D eigenvalue weighted by atomic mass is 9.74. The third-order valence-electron chi connectivity index (χ3n) is 4.70. The molecule has 0 amide bonds. The summed E-state index contributed by atoms with van der Waals surface area (Å²) in [5.74, 6) is 1.71. The third kappa shape index (κ3) is 3.24. The molecule has 21 heavy (non-hydrogen) atoms. The van der Waals surface area contributed by atoms with Gasteiger partial charge in [0.2, 0.25) is 0 Å². The van der Waals surface area contributed by atoms with Crippen LogP contribution in [0.4, 0.5) is 0 Å². The van der Waals surface area contributed by atoms with E-state index in [2.05, 4.69) is 26.0 Å². The topological polar surface area (TPSA) is 26.3 Å². The number of hydrogen-bond acceptors (Lipinski definition) is 3. The van der Waals surface area contributed by atoms with E-state index in [0.717, 1.165) is 25.2 Å². The first kappa shape index (κ1) is 14.9. The minimum absolute atomic E-state index is 0.177. The van der Waals surface area contributed by atoms with Crippen LogP contribution in [-0.4, -0.2) is 17.8 Å². The fourth-order valence-electron chi connectivity index (χ4n) is 3.23. The third-order valence-corrected chi connectivity index (χ3v) is 5.87. The van der Waals surface area contributed by atoms with Crippen molar-refractivity contribution in [2.24, 2.45) is 11.8 Å². The first-order valence-corrected chi connectivity index (χ1v) is 8.66. The zero-order valence-electron chi connectivity index (χ0n) is 12.7. The molecule has 1 aromatic rings. The molecule has 3 heteroatoms. The first-order valence-electron chi connectivity index (χ1n) is 7.61. The average molecular weight is 302 g/mol. The second kappa shape index (κ2) is 6.37. The summed E-state index contributed by atoms with van der Waals surface area (Å²) in [5.41, 5.74) is 3.82. The Morgan fingerprint density at radius 3 is 2.62 bits per heavy atom. The molecule has 112 valence electrons. The van der Waals surface area contributed by atoms with Gasteiger partial charge in [-0.05, 0) is 38.2 Å². The SMILES string of the molecule is CC1=C(C)C[C@H]2C(=O)[C@H](SCc3ccccc3)OC[C@H]2C1. The summed E-state index contributed by atoms with van der Waals surface area (Å²) in [6.07, 6.45) is 1.96. The molecule has 0 aromatic heterocycles. The Balaban J connectivity index is 1.63. The van der Waals surface area contributed by atoms with Gasteiger partial charge in [-0.25, -0.2) is 0 Å². The van der Waals surface area contributed by atoms with E-state index >= 15 is 0 Å². The van der Waals surface area contributed by atoms with E-state index in [1.807, 2.05) is 18.2 Å². The van der Waals surface area contributed by atoms with Crippen LogP contribution in [0.2, 0.25) is 0 Å². The molecule has 1 aliphatic heterocycles. The predicted octanol–water partition coefficient (Wildman–Crippen LogP) is 4.21. The number of Topliss-reactive ketones (excluding diaryl/α,β-unsaturated/α-hetero) is 1. The van der Waals surface area contributed by atoms with Gasteiger partial charge in [0.05, 0.1) is 6.61 Å². The van der Waals surface area contributed by atoms with Crippen LogP contribution in [0.5, 0.6) is 0 Å². The number of fused-ring (bicyclic) bond motifs is 1. The second-order valence-electron chi connectivity index (χ2n) is 6.20. The normalized spacial score (nSPS) is 29.4. The fourth-order valence-corrected chi connectivity index (χ4v) is 4.28. The molecule has 0 radical (unpaired) electrons. The lowest BCUT2D eigenvalue weighted by Gasteiger charge is -2.38. The molecule has 1 saturated heterocycles. The number of allylic oxidation sites excluding steroid dienone is 2. The van der Waals surface area contributed by atoms with Gasteiger partial charge < -0.3 is 4.74 Å². The van der Waals surface area contributed by atoms with Gasteiger partial charge in [-0.3, -0.25) is 4.79 Å². The zero-order chi connectivity index (χ0) is 14.8. The molecule has 0 bridgehead atoms. The molecular formula is C18H22O2S. The Morgan fingerprint density at radius 2 is 1.86 bits per heavy atom. The lowest BCUT2D eigenvalue weighted by molar-refractivity contribution is -0.140. The monoisotopic (exact) mass is 302 g/mol. The van der Waals surface area contributed by atoms with Crippen LogP contribution in [0, 0.1) is 11.8 Å². The number of benzene rings is 1. The van der Waals surface area contributed by atoms with Crippen molar-refractivity contribution in [3.63, 3.8) is 0 Å². The number of thioether (sulfide) groups is 1. The highest BCUT2D eigenvalue weighted by Crippen LogP contribution is 2.40. The molecular weight excluding hydrogens is 280 g/mol. The molecule has 0 unspecified atom stereocenters. The van der Waals surface area contributed by atoms with Crippen LogP contribution >= 0.6 is 11.8 Å². The summed E-state index contributed by atoms with van der Waals surface area (Å²) in [6.45, 7) is 5.08. The van der Waals surface area contributed by atoms with E-state index in [-0.39, 0.29) is 11.4 Å². The molecule has 0 saturated carbocycles. The van der Waals surface area contributed by atoms with Gasteiger partial charge in [0.25, 0.3) is 0 Å². The minimum Gasteiger partial charge on any atom is -0.359 e. The van der Waals surface area contributed by atoms with Gasteiger partial charge in [0.15, 0.2) is 11.2 Å². The van der Waals surface area contributed by atoms with E-state index in [1.165, 1.54) is 16.7 Å². The van der Waals surface area contributed by atoms with Crippen molar-refractivity contribution in [1.82, 2.24) is 0 Å². The number of ether oxygens (including phenoxy) is 1. The number of rotatable bonds is 3. The second-order valence-corrected chi connectivity index (χ2v) is 7.25. The molecule has 2 nitrogen and oxygen atoms in total. The van der Waals surface area contributed by atoms with E-state index in [1.54, 1.807) is 11.8 Å². The molecule has 2 aliphatic rings. The Labute approximate surface area is 131 Å². The molecule has 3 atom stereocenters. The van der Waals surface area contributed by atoms with Gasteiger partial charge in [-0.1, -0.05) is 41.5 Å². The molecule has 3 rings (SSSR count). The zero-order valence-corrected chi connectivity index (χ0v) is 13.5. The lowest BCUT2D eigenvalue weighted by Crippen LogP contribution is -2.43. The maximum atomic E-state index is 12.7. The van der Waals surface area contributed by atoms with E-state index < -0.39 is 0 Å². The van der Waals surface area contributed by atoms with Crippen molar-refractivity contribution in [1.29, 1.82) is 0 Å². The predicted molar refractivity (Wildman–Crippen MR) is 87.1 cm³/mol. The molecule has 0 spiro atoms. The summed E-state index contributed by atoms with van der Waals surface area (Å²) in [4.78, 5) is 12.7. The Hall–Kier alpha value is -1.06. The fraction of sp³-hybridized carbons (Fsp3) is 0.500. The van der Waals surface area contributed by atoms with Crippen molar-refractivity contribution in [2.75, 3.05) is 6.61 Å². The standard InChI is InChI=1S/C18H22O2S/c1-12-8-15-10-20-18(17(19)16(15)9-13(12)2)21-11-14-6-4-3-5-7-14/h3-7,15-16,18H,8-11H2,1-2H3/t15-,16-,18+/m1/s1. The van der Waals surface area contributed by atoms with Crippen molar-refractivity contribution >= 4 is 17.5 Å². The van der Waals surface area contributed by atoms with E-state index in [4.69, 9.17) is 4.74 Å². The van der Waals surface area contributed by atoms with Crippen molar-refractivity contribution in [3.05, 3.63) is 47.0 Å². The van der Waals surface area contributed by atoms with Crippen LogP contribution in [0.25, 0.3) is 0 Å². The number of ketones is 1. The van der Waals surface area contributed by atoms with Crippen LogP contribution in [-0.2, 0) is 15.3 Å². The summed E-state index contributed by atoms with van der Waals surface area (Å²) in [5, 5.41) is 0. The largest absolute Gasteiger partial charge is 0.359 e. The molecule has 1 heterocycles. The Morgan fingerprint density at radius 1 is 1.14 bits per heavy atom. The number of carbonyl (C=O) groups is 1. The molecule has 0 N–H and O–H groups in total. The van der Waals surface area contributed by atoms with Crippen molar-refractivity contribution < 1.29 is 9.53 Å². The number of hydrogen-bond donors (Lipinski definition) is 0. The highest BCUT2D eigenvalue weighted by atomic mass is 32.2. The van der Waals surface area contributed by atoms with Gasteiger partial charge in [0.1, 0.15) is 0 Å². The van der Waals surface area contributed by atoms with Gasteiger partial charge >= 0.3 is 0 Å². The summed E-state index contributed by atoms with van der Waals surface area (Å²) in [6, 6.07) is 10.3. The summed E-state index contributed by atoms with van der Waals surface area (Å²) < 4.78 is 5.86.